The van der Waals surface area contributed by atoms with Crippen molar-refractivity contribution in [1.82, 2.24) is 10.1 Å². The quantitative estimate of drug-likeness (QED) is 0.687. The molecule has 1 aliphatic rings. The summed E-state index contributed by atoms with van der Waals surface area (Å²) < 4.78 is 5.66. The topological polar surface area (TPSA) is 68.0 Å². The molecule has 1 fully saturated rings. The van der Waals surface area contributed by atoms with Crippen LogP contribution in [0.15, 0.2) is 34.9 Å². The highest BCUT2D eigenvalue weighted by molar-refractivity contribution is 8.16. The van der Waals surface area contributed by atoms with E-state index in [0.717, 1.165) is 11.4 Å². The first-order chi connectivity index (χ1) is 12.6. The Morgan fingerprint density at radius 3 is 2.85 bits per heavy atom. The highest BCUT2D eigenvalue weighted by Crippen LogP contribution is 2.44. The average molecular weight is 386 g/mol. The lowest BCUT2D eigenvalue weighted by Crippen LogP contribution is -2.13. The second kappa shape index (κ2) is 7.32. The lowest BCUT2D eigenvalue weighted by atomic mass is 10.1. The summed E-state index contributed by atoms with van der Waals surface area (Å²) in [5.41, 5.74) is 4.38. The number of benzene rings is 1. The van der Waals surface area contributed by atoms with Gasteiger partial charge in [-0.15, -0.1) is 23.5 Å². The number of amides is 1. The molecular formula is C19H19N3O2S2. The Bertz CT molecular complexity index is 965. The van der Waals surface area contributed by atoms with Gasteiger partial charge in [0, 0.05) is 11.4 Å². The number of aryl methyl sites for hydroxylation is 2. The van der Waals surface area contributed by atoms with Gasteiger partial charge in [-0.1, -0.05) is 17.3 Å². The minimum Gasteiger partial charge on any atom is -0.336 e. The number of carbonyl (C=O) groups excluding carboxylic acids is 1. The fourth-order valence-corrected chi connectivity index (χ4v) is 5.91. The zero-order chi connectivity index (χ0) is 18.1. The molecule has 1 saturated heterocycles. The summed E-state index contributed by atoms with van der Waals surface area (Å²) in [5.74, 6) is 2.21. The fourth-order valence-electron chi connectivity index (χ4n) is 3.04. The molecule has 1 amide bonds. The zero-order valence-electron chi connectivity index (χ0n) is 14.6. The highest BCUT2D eigenvalue weighted by atomic mass is 32.2. The van der Waals surface area contributed by atoms with Gasteiger partial charge in [-0.3, -0.25) is 4.79 Å². The molecule has 1 N–H and O–H groups in total. The van der Waals surface area contributed by atoms with Gasteiger partial charge in [0.25, 0.3) is 11.6 Å². The van der Waals surface area contributed by atoms with Gasteiger partial charge in [0.2, 0.25) is 0 Å². The van der Waals surface area contributed by atoms with Gasteiger partial charge in [0.05, 0.1) is 21.2 Å². The van der Waals surface area contributed by atoms with Gasteiger partial charge >= 0.3 is 0 Å². The van der Waals surface area contributed by atoms with Crippen molar-refractivity contribution < 1.29 is 9.32 Å². The summed E-state index contributed by atoms with van der Waals surface area (Å²) >= 11 is 3.94. The maximum absolute atomic E-state index is 12.9. The number of thioether (sulfide) groups is 2. The Kier molecular flexibility index (Phi) is 4.91. The molecule has 1 aromatic carbocycles. The Hall–Kier alpha value is -1.99. The Morgan fingerprint density at radius 1 is 1.23 bits per heavy atom. The predicted molar refractivity (Wildman–Crippen MR) is 108 cm³/mol. The van der Waals surface area contributed by atoms with E-state index < -0.39 is 0 Å². The number of hydrogen-bond donors (Lipinski definition) is 1. The number of anilines is 1. The van der Waals surface area contributed by atoms with E-state index in [4.69, 9.17) is 4.52 Å². The Balaban J connectivity index is 1.62. The van der Waals surface area contributed by atoms with Gasteiger partial charge in [-0.2, -0.15) is 0 Å². The zero-order valence-corrected chi connectivity index (χ0v) is 16.2. The molecule has 0 unspecified atom stereocenters. The molecule has 1 aliphatic heterocycles. The van der Waals surface area contributed by atoms with E-state index in [1.54, 1.807) is 6.07 Å². The van der Waals surface area contributed by atoms with Crippen LogP contribution in [0.3, 0.4) is 0 Å². The summed E-state index contributed by atoms with van der Waals surface area (Å²) in [4.78, 5) is 17.2. The van der Waals surface area contributed by atoms with E-state index in [-0.39, 0.29) is 5.91 Å². The average Bonchev–Trinajstić information content (AvgIpc) is 3.02. The van der Waals surface area contributed by atoms with Gasteiger partial charge < -0.3 is 9.84 Å². The fraction of sp³-hybridized carbons (Fsp3) is 0.316. The number of pyridine rings is 1. The van der Waals surface area contributed by atoms with Crippen LogP contribution in [-0.2, 0) is 0 Å². The van der Waals surface area contributed by atoms with Gasteiger partial charge in [0.15, 0.2) is 0 Å². The lowest BCUT2D eigenvalue weighted by molar-refractivity contribution is 0.102. The molecule has 0 saturated carbocycles. The molecule has 26 heavy (non-hydrogen) atoms. The lowest BCUT2D eigenvalue weighted by Gasteiger charge is -2.21. The van der Waals surface area contributed by atoms with E-state index in [9.17, 15) is 4.79 Å². The number of rotatable bonds is 3. The van der Waals surface area contributed by atoms with Crippen LogP contribution in [0.4, 0.5) is 5.69 Å². The van der Waals surface area contributed by atoms with Crippen LogP contribution < -0.4 is 5.32 Å². The van der Waals surface area contributed by atoms with Gasteiger partial charge in [-0.05, 0) is 55.5 Å². The normalized spacial score (nSPS) is 15.3. The van der Waals surface area contributed by atoms with Crippen molar-refractivity contribution in [3.05, 3.63) is 52.8 Å². The largest absolute Gasteiger partial charge is 0.336 e. The molecule has 7 heteroatoms. The smallest absolute Gasteiger partial charge is 0.258 e. The molecule has 5 nitrogen and oxygen atoms in total. The number of carbonyl (C=O) groups is 1. The number of aromatic nitrogens is 2. The van der Waals surface area contributed by atoms with Crippen LogP contribution in [0.25, 0.3) is 11.1 Å². The van der Waals surface area contributed by atoms with Crippen LogP contribution in [0.2, 0.25) is 0 Å². The number of fused-ring (bicyclic) bond motifs is 1. The first-order valence-electron chi connectivity index (χ1n) is 8.50. The van der Waals surface area contributed by atoms with Crippen LogP contribution in [0, 0.1) is 13.8 Å². The number of nitrogens with zero attached hydrogens (tertiary/aromatic N) is 2. The van der Waals surface area contributed by atoms with Crippen molar-refractivity contribution in [3.8, 4) is 0 Å². The summed E-state index contributed by atoms with van der Waals surface area (Å²) in [6.07, 6.45) is 1.26. The molecular weight excluding hydrogens is 366 g/mol. The van der Waals surface area contributed by atoms with E-state index in [1.807, 2.05) is 49.5 Å². The predicted octanol–water partition coefficient (Wildman–Crippen LogP) is 4.96. The van der Waals surface area contributed by atoms with Crippen molar-refractivity contribution in [1.29, 1.82) is 0 Å². The minimum absolute atomic E-state index is 0.173. The van der Waals surface area contributed by atoms with Crippen molar-refractivity contribution in [3.63, 3.8) is 0 Å². The number of hydrogen-bond acceptors (Lipinski definition) is 6. The Labute approximate surface area is 160 Å². The first kappa shape index (κ1) is 17.4. The van der Waals surface area contributed by atoms with Crippen LogP contribution in [0.1, 0.15) is 38.3 Å². The summed E-state index contributed by atoms with van der Waals surface area (Å²) in [5, 5.41) is 7.63. The standard InChI is InChI=1S/C19H19N3O2S2/c1-11-9-15(16-12(2)22-24-18(16)20-11)17(23)21-14-6-3-5-13(10-14)19-25-7-4-8-26-19/h3,5-6,9-10,19H,4,7-8H2,1-2H3,(H,21,23). The molecule has 4 rings (SSSR count). The summed E-state index contributed by atoms with van der Waals surface area (Å²) in [6.45, 7) is 3.66. The maximum Gasteiger partial charge on any atom is 0.258 e. The molecule has 3 heterocycles. The van der Waals surface area contributed by atoms with Gasteiger partial charge in [0.1, 0.15) is 0 Å². The van der Waals surface area contributed by atoms with Crippen LogP contribution >= 0.6 is 23.5 Å². The SMILES string of the molecule is Cc1cc(C(=O)Nc2cccc(C3SCCCS3)c2)c2c(C)noc2n1. The van der Waals surface area contributed by atoms with Crippen LogP contribution in [-0.4, -0.2) is 27.6 Å². The molecule has 3 aromatic rings. The Morgan fingerprint density at radius 2 is 2.04 bits per heavy atom. The number of nitrogens with one attached hydrogen (secondary N) is 1. The molecule has 0 bridgehead atoms. The molecule has 134 valence electrons. The highest BCUT2D eigenvalue weighted by Gasteiger charge is 2.19. The van der Waals surface area contributed by atoms with E-state index in [2.05, 4.69) is 27.6 Å². The van der Waals surface area contributed by atoms with Crippen molar-refractivity contribution >= 4 is 46.2 Å². The van der Waals surface area contributed by atoms with E-state index in [0.29, 0.717) is 26.9 Å². The summed E-state index contributed by atoms with van der Waals surface area (Å²) in [6, 6.07) is 9.90. The molecule has 0 atom stereocenters. The van der Waals surface area contributed by atoms with Crippen molar-refractivity contribution in [2.24, 2.45) is 0 Å². The third kappa shape index (κ3) is 3.46. The summed E-state index contributed by atoms with van der Waals surface area (Å²) in [7, 11) is 0. The van der Waals surface area contributed by atoms with E-state index in [1.165, 1.54) is 23.5 Å². The second-order valence-electron chi connectivity index (χ2n) is 6.27. The monoisotopic (exact) mass is 385 g/mol. The third-order valence-corrected chi connectivity index (χ3v) is 7.25. The molecule has 2 aromatic heterocycles. The third-order valence-electron chi connectivity index (χ3n) is 4.23. The van der Waals surface area contributed by atoms with Crippen molar-refractivity contribution in [2.45, 2.75) is 24.9 Å². The minimum atomic E-state index is -0.173. The molecule has 0 radical (unpaired) electrons. The molecule has 0 aliphatic carbocycles. The maximum atomic E-state index is 12.9. The van der Waals surface area contributed by atoms with Gasteiger partial charge in [-0.25, -0.2) is 4.98 Å². The molecule has 0 spiro atoms. The van der Waals surface area contributed by atoms with Crippen LogP contribution in [0.5, 0.6) is 0 Å². The second-order valence-corrected chi connectivity index (χ2v) is 8.99. The van der Waals surface area contributed by atoms with Crippen molar-refractivity contribution in [2.75, 3.05) is 16.8 Å². The first-order valence-corrected chi connectivity index (χ1v) is 10.6. The van der Waals surface area contributed by atoms with E-state index >= 15 is 0 Å².